The van der Waals surface area contributed by atoms with Gasteiger partial charge in [0, 0.05) is 37.1 Å². The number of fused-ring (bicyclic) bond motifs is 1. The third-order valence-electron chi connectivity index (χ3n) is 6.08. The number of benzene rings is 1. The number of hydrogen-bond donors (Lipinski definition) is 3. The fourth-order valence-electron chi connectivity index (χ4n) is 4.31. The molecule has 1 aliphatic heterocycles. The van der Waals surface area contributed by atoms with Crippen LogP contribution in [-0.2, 0) is 16.4 Å². The van der Waals surface area contributed by atoms with Gasteiger partial charge in [-0.05, 0) is 55.5 Å². The zero-order chi connectivity index (χ0) is 21.7. The maximum Gasteiger partial charge on any atom is 0.240 e. The Morgan fingerprint density at radius 2 is 2.00 bits per heavy atom. The molecule has 0 spiro atoms. The molecule has 0 amide bonds. The Labute approximate surface area is 184 Å². The van der Waals surface area contributed by atoms with E-state index in [1.165, 1.54) is 6.42 Å². The number of ether oxygens (including phenoxy) is 1. The summed E-state index contributed by atoms with van der Waals surface area (Å²) in [5.41, 5.74) is 1.71. The molecule has 1 aromatic heterocycles. The molecule has 168 valence electrons. The fraction of sp³-hybridized carbons (Fsp3) is 0.522. The molecule has 31 heavy (non-hydrogen) atoms. The zero-order valence-electron chi connectivity index (χ0n) is 17.7. The molecule has 1 aromatic carbocycles. The zero-order valence-corrected chi connectivity index (χ0v) is 18.5. The van der Waals surface area contributed by atoms with Crippen molar-refractivity contribution in [3.05, 3.63) is 53.9 Å². The maximum absolute atomic E-state index is 12.8. The van der Waals surface area contributed by atoms with E-state index in [4.69, 9.17) is 4.74 Å². The monoisotopic (exact) mass is 445 g/mol. The topological polar surface area (TPSA) is 101 Å². The molecular formula is C23H31N3O4S. The summed E-state index contributed by atoms with van der Waals surface area (Å²) in [6.07, 6.45) is 9.45. The highest BCUT2D eigenvalue weighted by molar-refractivity contribution is 7.89. The van der Waals surface area contributed by atoms with Gasteiger partial charge in [-0.2, -0.15) is 0 Å². The van der Waals surface area contributed by atoms with Crippen molar-refractivity contribution in [2.24, 2.45) is 0 Å². The highest BCUT2D eigenvalue weighted by Crippen LogP contribution is 2.30. The van der Waals surface area contributed by atoms with Crippen molar-refractivity contribution in [1.29, 1.82) is 0 Å². The molecule has 2 aliphatic rings. The van der Waals surface area contributed by atoms with Crippen molar-refractivity contribution in [3.8, 4) is 5.75 Å². The standard InChI is InChI=1S/C23H31N3O4S/c27-22(18-5-4-12-24-14-18)16-25-15-20-9-8-17-13-21(10-11-23(17)30-20)31(28,29)26-19-6-2-1-3-7-19/h4-5,10-14,19-20,22,25-27H,1-3,6-9,15-16H2/t20-,22+/m1/s1. The molecule has 0 unspecified atom stereocenters. The summed E-state index contributed by atoms with van der Waals surface area (Å²) in [4.78, 5) is 4.34. The minimum absolute atomic E-state index is 0.0172. The smallest absolute Gasteiger partial charge is 0.240 e. The number of sulfonamides is 1. The highest BCUT2D eigenvalue weighted by atomic mass is 32.2. The largest absolute Gasteiger partial charge is 0.489 e. The van der Waals surface area contributed by atoms with E-state index in [9.17, 15) is 13.5 Å². The Morgan fingerprint density at radius 1 is 1.16 bits per heavy atom. The van der Waals surface area contributed by atoms with Gasteiger partial charge in [0.2, 0.25) is 10.0 Å². The van der Waals surface area contributed by atoms with Crippen LogP contribution in [0.2, 0.25) is 0 Å². The fourth-order valence-corrected chi connectivity index (χ4v) is 5.67. The normalized spacial score (nSPS) is 20.6. The van der Waals surface area contributed by atoms with Crippen LogP contribution in [-0.4, -0.2) is 43.7 Å². The quantitative estimate of drug-likeness (QED) is 0.578. The average molecular weight is 446 g/mol. The van der Waals surface area contributed by atoms with Gasteiger partial charge in [-0.1, -0.05) is 25.3 Å². The minimum atomic E-state index is -3.51. The van der Waals surface area contributed by atoms with Crippen LogP contribution in [0.1, 0.15) is 55.8 Å². The van der Waals surface area contributed by atoms with Gasteiger partial charge in [0.05, 0.1) is 11.0 Å². The van der Waals surface area contributed by atoms with E-state index in [2.05, 4.69) is 15.0 Å². The van der Waals surface area contributed by atoms with Crippen molar-refractivity contribution in [1.82, 2.24) is 15.0 Å². The number of pyridine rings is 1. The van der Waals surface area contributed by atoms with Crippen molar-refractivity contribution in [3.63, 3.8) is 0 Å². The van der Waals surface area contributed by atoms with Gasteiger partial charge in [-0.3, -0.25) is 4.98 Å². The second-order valence-corrected chi connectivity index (χ2v) is 10.2. The summed E-state index contributed by atoms with van der Waals surface area (Å²) < 4.78 is 34.5. The molecule has 0 bridgehead atoms. The van der Waals surface area contributed by atoms with Crippen molar-refractivity contribution < 1.29 is 18.3 Å². The molecule has 2 aromatic rings. The van der Waals surface area contributed by atoms with E-state index >= 15 is 0 Å². The second kappa shape index (κ2) is 10.1. The molecule has 1 saturated carbocycles. The molecule has 1 aliphatic carbocycles. The van der Waals surface area contributed by atoms with E-state index in [0.717, 1.165) is 55.4 Å². The first-order chi connectivity index (χ1) is 15.0. The number of aromatic nitrogens is 1. The molecule has 1 fully saturated rings. The Balaban J connectivity index is 1.30. The first-order valence-electron chi connectivity index (χ1n) is 11.1. The van der Waals surface area contributed by atoms with Gasteiger partial charge >= 0.3 is 0 Å². The third-order valence-corrected chi connectivity index (χ3v) is 7.60. The predicted molar refractivity (Wildman–Crippen MR) is 118 cm³/mol. The summed E-state index contributed by atoms with van der Waals surface area (Å²) in [5.74, 6) is 0.738. The predicted octanol–water partition coefficient (Wildman–Crippen LogP) is 2.71. The Bertz CT molecular complexity index is 962. The van der Waals surface area contributed by atoms with Crippen LogP contribution in [0.25, 0.3) is 0 Å². The molecule has 7 nitrogen and oxygen atoms in total. The van der Waals surface area contributed by atoms with Crippen LogP contribution in [0.5, 0.6) is 5.75 Å². The molecule has 2 heterocycles. The molecule has 2 atom stereocenters. The van der Waals surface area contributed by atoms with Crippen LogP contribution >= 0.6 is 0 Å². The van der Waals surface area contributed by atoms with Gasteiger partial charge in [0.25, 0.3) is 0 Å². The Morgan fingerprint density at radius 3 is 2.77 bits per heavy atom. The summed E-state index contributed by atoms with van der Waals surface area (Å²) in [6, 6.07) is 8.84. The molecule has 3 N–H and O–H groups in total. The molecule has 8 heteroatoms. The lowest BCUT2D eigenvalue weighted by molar-refractivity contribution is 0.146. The average Bonchev–Trinajstić information content (AvgIpc) is 2.79. The van der Waals surface area contributed by atoms with Gasteiger partial charge in [0.1, 0.15) is 11.9 Å². The lowest BCUT2D eigenvalue weighted by Gasteiger charge is -2.27. The van der Waals surface area contributed by atoms with Crippen molar-refractivity contribution >= 4 is 10.0 Å². The van der Waals surface area contributed by atoms with Gasteiger partial charge < -0.3 is 15.2 Å². The van der Waals surface area contributed by atoms with Crippen molar-refractivity contribution in [2.75, 3.05) is 13.1 Å². The SMILES string of the molecule is O=S(=O)(NC1CCCCC1)c1ccc2c(c1)CC[C@H](CNC[C@H](O)c1cccnc1)O2. The first kappa shape index (κ1) is 22.2. The summed E-state index contributed by atoms with van der Waals surface area (Å²) in [7, 11) is -3.51. The second-order valence-electron chi connectivity index (χ2n) is 8.46. The van der Waals surface area contributed by atoms with Crippen LogP contribution in [0.3, 0.4) is 0 Å². The number of nitrogens with zero attached hydrogens (tertiary/aromatic N) is 1. The van der Waals surface area contributed by atoms with E-state index < -0.39 is 16.1 Å². The number of aliphatic hydroxyl groups excluding tert-OH is 1. The van der Waals surface area contributed by atoms with E-state index in [1.54, 1.807) is 36.7 Å². The van der Waals surface area contributed by atoms with Gasteiger partial charge in [-0.25, -0.2) is 13.1 Å². The minimum Gasteiger partial charge on any atom is -0.489 e. The van der Waals surface area contributed by atoms with E-state index in [-0.39, 0.29) is 12.1 Å². The summed E-state index contributed by atoms with van der Waals surface area (Å²) in [6.45, 7) is 1.03. The van der Waals surface area contributed by atoms with Crippen molar-refractivity contribution in [2.45, 2.75) is 68.1 Å². The van der Waals surface area contributed by atoms with Gasteiger partial charge in [0.15, 0.2) is 0 Å². The molecule has 0 radical (unpaired) electrons. The Hall–Kier alpha value is -2.00. The highest BCUT2D eigenvalue weighted by Gasteiger charge is 2.25. The third kappa shape index (κ3) is 5.83. The molecule has 4 rings (SSSR count). The maximum atomic E-state index is 12.8. The first-order valence-corrected chi connectivity index (χ1v) is 12.6. The van der Waals surface area contributed by atoms with Crippen LogP contribution < -0.4 is 14.8 Å². The lowest BCUT2D eigenvalue weighted by Crippen LogP contribution is -2.37. The van der Waals surface area contributed by atoms with E-state index in [0.29, 0.717) is 18.0 Å². The summed E-state index contributed by atoms with van der Waals surface area (Å²) >= 11 is 0. The number of rotatable bonds is 8. The number of nitrogens with one attached hydrogen (secondary N) is 2. The Kier molecular flexibility index (Phi) is 7.22. The number of aliphatic hydroxyl groups is 1. The van der Waals surface area contributed by atoms with Crippen LogP contribution in [0, 0.1) is 0 Å². The summed E-state index contributed by atoms with van der Waals surface area (Å²) in [5, 5.41) is 13.5. The molecular weight excluding hydrogens is 414 g/mol. The molecule has 0 saturated heterocycles. The van der Waals surface area contributed by atoms with Crippen LogP contribution in [0.15, 0.2) is 47.6 Å². The van der Waals surface area contributed by atoms with Crippen LogP contribution in [0.4, 0.5) is 0 Å². The van der Waals surface area contributed by atoms with Gasteiger partial charge in [-0.15, -0.1) is 0 Å². The van der Waals surface area contributed by atoms with E-state index in [1.807, 2.05) is 6.07 Å². The lowest BCUT2D eigenvalue weighted by atomic mass is 9.96. The number of aryl methyl sites for hydroxylation is 1. The number of hydrogen-bond acceptors (Lipinski definition) is 6.